The summed E-state index contributed by atoms with van der Waals surface area (Å²) in [6.07, 6.45) is 3.01. The molecule has 0 bridgehead atoms. The normalized spacial score (nSPS) is 10.3. The fraction of sp³-hybridized carbons (Fsp3) is 0.190. The molecule has 0 spiro atoms. The van der Waals surface area contributed by atoms with Crippen LogP contribution >= 0.6 is 0 Å². The van der Waals surface area contributed by atoms with E-state index in [4.69, 9.17) is 4.74 Å². The van der Waals surface area contributed by atoms with Crippen LogP contribution in [0.2, 0.25) is 0 Å². The predicted molar refractivity (Wildman–Crippen MR) is 106 cm³/mol. The van der Waals surface area contributed by atoms with Gasteiger partial charge in [0.05, 0.1) is 19.5 Å². The largest absolute Gasteiger partial charge is 0.496 e. The highest BCUT2D eigenvalue weighted by Crippen LogP contribution is 2.19. The van der Waals surface area contributed by atoms with E-state index in [9.17, 15) is 4.79 Å². The minimum atomic E-state index is -0.285. The molecular formula is C21H22N4O2. The number of anilines is 2. The van der Waals surface area contributed by atoms with E-state index in [0.717, 1.165) is 28.1 Å². The third-order valence-corrected chi connectivity index (χ3v) is 4.18. The number of aromatic nitrogens is 2. The van der Waals surface area contributed by atoms with Crippen LogP contribution < -0.4 is 15.4 Å². The van der Waals surface area contributed by atoms with Gasteiger partial charge in [-0.05, 0) is 37.1 Å². The van der Waals surface area contributed by atoms with Crippen LogP contribution in [0.5, 0.6) is 5.75 Å². The number of nitrogens with zero attached hydrogens (tertiary/aromatic N) is 2. The molecule has 0 radical (unpaired) electrons. The Morgan fingerprint density at radius 3 is 2.63 bits per heavy atom. The number of nitrogens with one attached hydrogen (secondary N) is 2. The molecule has 2 aromatic carbocycles. The molecule has 6 heteroatoms. The van der Waals surface area contributed by atoms with E-state index < -0.39 is 0 Å². The van der Waals surface area contributed by atoms with Gasteiger partial charge in [-0.1, -0.05) is 30.3 Å². The number of rotatable bonds is 6. The van der Waals surface area contributed by atoms with Gasteiger partial charge in [-0.3, -0.25) is 4.79 Å². The van der Waals surface area contributed by atoms with Crippen LogP contribution in [0.15, 0.2) is 54.9 Å². The average molecular weight is 362 g/mol. The SMILES string of the molecule is COc1ccccc1CNc1cnc(C(=O)Nc2cc(C)ccc2C)cn1. The third-order valence-electron chi connectivity index (χ3n) is 4.18. The Hall–Kier alpha value is -3.41. The molecular weight excluding hydrogens is 340 g/mol. The van der Waals surface area contributed by atoms with E-state index in [2.05, 4.69) is 20.6 Å². The second-order valence-electron chi connectivity index (χ2n) is 6.22. The van der Waals surface area contributed by atoms with E-state index in [1.54, 1.807) is 13.3 Å². The number of carbonyl (C=O) groups is 1. The minimum Gasteiger partial charge on any atom is -0.496 e. The lowest BCUT2D eigenvalue weighted by molar-refractivity contribution is 0.102. The van der Waals surface area contributed by atoms with Crippen LogP contribution in [0.4, 0.5) is 11.5 Å². The fourth-order valence-electron chi connectivity index (χ4n) is 2.63. The van der Waals surface area contributed by atoms with Crippen molar-refractivity contribution in [3.05, 3.63) is 77.2 Å². The van der Waals surface area contributed by atoms with Gasteiger partial charge in [0.25, 0.3) is 5.91 Å². The molecule has 0 aliphatic heterocycles. The minimum absolute atomic E-state index is 0.263. The molecule has 0 fully saturated rings. The van der Waals surface area contributed by atoms with E-state index in [0.29, 0.717) is 12.4 Å². The molecule has 0 saturated carbocycles. The summed E-state index contributed by atoms with van der Waals surface area (Å²) in [5.74, 6) is 1.11. The lowest BCUT2D eigenvalue weighted by Gasteiger charge is -2.11. The van der Waals surface area contributed by atoms with Gasteiger partial charge in [0, 0.05) is 17.8 Å². The number of ether oxygens (including phenoxy) is 1. The Kier molecular flexibility index (Phi) is 5.66. The van der Waals surface area contributed by atoms with Gasteiger partial charge in [-0.25, -0.2) is 9.97 Å². The molecule has 2 N–H and O–H groups in total. The zero-order valence-corrected chi connectivity index (χ0v) is 15.6. The van der Waals surface area contributed by atoms with Crippen molar-refractivity contribution in [3.8, 4) is 5.75 Å². The van der Waals surface area contributed by atoms with Gasteiger partial charge in [0.15, 0.2) is 0 Å². The van der Waals surface area contributed by atoms with E-state index in [1.807, 2.05) is 56.3 Å². The van der Waals surface area contributed by atoms with Crippen molar-refractivity contribution >= 4 is 17.4 Å². The standard InChI is InChI=1S/C21H22N4O2/c1-14-8-9-15(2)17(10-14)25-21(26)18-12-24-20(13-22-18)23-11-16-6-4-5-7-19(16)27-3/h4-10,12-13H,11H2,1-3H3,(H,23,24)(H,25,26). The molecule has 0 atom stereocenters. The van der Waals surface area contributed by atoms with Crippen molar-refractivity contribution in [2.45, 2.75) is 20.4 Å². The highest BCUT2D eigenvalue weighted by molar-refractivity contribution is 6.03. The maximum Gasteiger partial charge on any atom is 0.275 e. The number of hydrogen-bond acceptors (Lipinski definition) is 5. The Morgan fingerprint density at radius 2 is 1.89 bits per heavy atom. The molecule has 0 aliphatic rings. The van der Waals surface area contributed by atoms with Crippen LogP contribution in [0, 0.1) is 13.8 Å². The Balaban J connectivity index is 1.64. The van der Waals surface area contributed by atoms with Crippen LogP contribution in [-0.4, -0.2) is 23.0 Å². The lowest BCUT2D eigenvalue weighted by Crippen LogP contribution is -2.15. The number of methoxy groups -OCH3 is 1. The first kappa shape index (κ1) is 18.4. The van der Waals surface area contributed by atoms with Gasteiger partial charge < -0.3 is 15.4 Å². The predicted octanol–water partition coefficient (Wildman–Crippen LogP) is 3.97. The van der Waals surface area contributed by atoms with Gasteiger partial charge >= 0.3 is 0 Å². The first-order chi connectivity index (χ1) is 13.1. The smallest absolute Gasteiger partial charge is 0.275 e. The summed E-state index contributed by atoms with van der Waals surface area (Å²) >= 11 is 0. The molecule has 138 valence electrons. The fourth-order valence-corrected chi connectivity index (χ4v) is 2.63. The van der Waals surface area contributed by atoms with Gasteiger partial charge in [-0.2, -0.15) is 0 Å². The summed E-state index contributed by atoms with van der Waals surface area (Å²) in [6.45, 7) is 4.48. The zero-order chi connectivity index (χ0) is 19.2. The van der Waals surface area contributed by atoms with Gasteiger partial charge in [-0.15, -0.1) is 0 Å². The van der Waals surface area contributed by atoms with E-state index in [1.165, 1.54) is 6.20 Å². The Bertz CT molecular complexity index is 939. The van der Waals surface area contributed by atoms with Gasteiger partial charge in [0.1, 0.15) is 17.3 Å². The molecule has 6 nitrogen and oxygen atoms in total. The molecule has 0 saturated heterocycles. The first-order valence-corrected chi connectivity index (χ1v) is 8.63. The van der Waals surface area contributed by atoms with Crippen LogP contribution in [-0.2, 0) is 6.54 Å². The number of hydrogen-bond donors (Lipinski definition) is 2. The summed E-state index contributed by atoms with van der Waals surface area (Å²) in [6, 6.07) is 13.7. The molecule has 0 unspecified atom stereocenters. The molecule has 3 rings (SSSR count). The molecule has 1 amide bonds. The highest BCUT2D eigenvalue weighted by atomic mass is 16.5. The van der Waals surface area contributed by atoms with Crippen molar-refractivity contribution in [2.75, 3.05) is 17.7 Å². The van der Waals surface area contributed by atoms with Gasteiger partial charge in [0.2, 0.25) is 0 Å². The third kappa shape index (κ3) is 4.61. The summed E-state index contributed by atoms with van der Waals surface area (Å²) in [7, 11) is 1.64. The molecule has 1 aromatic heterocycles. The number of aryl methyl sites for hydroxylation is 2. The van der Waals surface area contributed by atoms with Crippen molar-refractivity contribution in [1.29, 1.82) is 0 Å². The maximum atomic E-state index is 12.4. The summed E-state index contributed by atoms with van der Waals surface area (Å²) in [4.78, 5) is 20.9. The zero-order valence-electron chi connectivity index (χ0n) is 15.6. The first-order valence-electron chi connectivity index (χ1n) is 8.63. The topological polar surface area (TPSA) is 76.1 Å². The second-order valence-corrected chi connectivity index (χ2v) is 6.22. The quantitative estimate of drug-likeness (QED) is 0.694. The summed E-state index contributed by atoms with van der Waals surface area (Å²) in [5.41, 5.74) is 4.13. The second kappa shape index (κ2) is 8.31. The van der Waals surface area contributed by atoms with Crippen molar-refractivity contribution < 1.29 is 9.53 Å². The van der Waals surface area contributed by atoms with Crippen LogP contribution in [0.3, 0.4) is 0 Å². The number of para-hydroxylation sites is 1. The molecule has 27 heavy (non-hydrogen) atoms. The number of carbonyl (C=O) groups excluding carboxylic acids is 1. The highest BCUT2D eigenvalue weighted by Gasteiger charge is 2.10. The van der Waals surface area contributed by atoms with Crippen molar-refractivity contribution in [2.24, 2.45) is 0 Å². The molecule has 0 aliphatic carbocycles. The van der Waals surface area contributed by atoms with Crippen molar-refractivity contribution in [3.63, 3.8) is 0 Å². The summed E-state index contributed by atoms with van der Waals surface area (Å²) < 4.78 is 5.33. The Labute approximate surface area is 158 Å². The van der Waals surface area contributed by atoms with Crippen molar-refractivity contribution in [1.82, 2.24) is 9.97 Å². The molecule has 3 aromatic rings. The maximum absolute atomic E-state index is 12.4. The van der Waals surface area contributed by atoms with Crippen LogP contribution in [0.1, 0.15) is 27.2 Å². The number of amides is 1. The van der Waals surface area contributed by atoms with E-state index in [-0.39, 0.29) is 11.6 Å². The average Bonchev–Trinajstić information content (AvgIpc) is 2.69. The summed E-state index contributed by atoms with van der Waals surface area (Å²) in [5, 5.41) is 6.06. The van der Waals surface area contributed by atoms with E-state index >= 15 is 0 Å². The van der Waals surface area contributed by atoms with Crippen LogP contribution in [0.25, 0.3) is 0 Å². The molecule has 1 heterocycles. The monoisotopic (exact) mass is 362 g/mol. The lowest BCUT2D eigenvalue weighted by atomic mass is 10.1. The number of benzene rings is 2. The Morgan fingerprint density at radius 1 is 1.07 bits per heavy atom.